The van der Waals surface area contributed by atoms with Crippen LogP contribution in [-0.4, -0.2) is 60.0 Å². The monoisotopic (exact) mass is 631 g/mol. The second kappa shape index (κ2) is 11.4. The molecule has 7 aliphatic carbocycles. The summed E-state index contributed by atoms with van der Waals surface area (Å²) in [4.78, 5) is 16.4. The molecule has 6 heteroatoms. The molecule has 1 aromatic rings. The van der Waals surface area contributed by atoms with Crippen molar-refractivity contribution < 1.29 is 24.5 Å². The Balaban J connectivity index is 1.16. The second-order valence-corrected chi connectivity index (χ2v) is 17.1. The van der Waals surface area contributed by atoms with Crippen molar-refractivity contribution in [2.45, 2.75) is 110 Å². The van der Waals surface area contributed by atoms with Crippen molar-refractivity contribution >= 4 is 5.91 Å². The molecule has 6 nitrogen and oxygen atoms in total. The molecule has 0 radical (unpaired) electrons. The fourth-order valence-electron chi connectivity index (χ4n) is 11.7. The molecule has 7 aliphatic rings. The zero-order chi connectivity index (χ0) is 32.6. The first-order chi connectivity index (χ1) is 21.8. The first-order valence-corrected chi connectivity index (χ1v) is 18.1. The normalized spacial score (nSPS) is 40.3. The van der Waals surface area contributed by atoms with E-state index in [9.17, 15) is 15.0 Å². The van der Waals surface area contributed by atoms with Gasteiger partial charge in [0.25, 0.3) is 0 Å². The number of methoxy groups -OCH3 is 2. The van der Waals surface area contributed by atoms with Crippen LogP contribution in [-0.2, 0) is 11.2 Å². The maximum Gasteiger partial charge on any atom is 0.227 e. The standard InChI is InChI=1S/C40H57NO5/c1-37(2)27-9-8-26(33(37)22-27)23-41(36(43)20-25-7-12-34(45-5)35(19-25)46-6)24-40(44)18-15-32-30-11-10-28-21-29(42)13-16-38(28,3)31(30)14-17-39(32,40)4/h7,10-12,19,26-27,29,31-33,42,44H,8-9,13-18,20-24H2,1-6H3/t26-,27-,29-,31-,32-,33-,38-,39-,40+/m0/s1. The number of amides is 1. The van der Waals surface area contributed by atoms with Crippen LogP contribution >= 0.6 is 0 Å². The quantitative estimate of drug-likeness (QED) is 0.319. The molecular weight excluding hydrogens is 574 g/mol. The molecule has 1 aromatic carbocycles. The number of rotatable bonds is 8. The number of nitrogens with zero attached hydrogens (tertiary/aromatic N) is 1. The second-order valence-electron chi connectivity index (χ2n) is 17.1. The van der Waals surface area contributed by atoms with E-state index in [1.54, 1.807) is 14.2 Å². The van der Waals surface area contributed by atoms with Gasteiger partial charge in [0.2, 0.25) is 5.91 Å². The summed E-state index contributed by atoms with van der Waals surface area (Å²) in [5.41, 5.74) is 3.08. The van der Waals surface area contributed by atoms with Crippen LogP contribution in [0.5, 0.6) is 11.5 Å². The van der Waals surface area contributed by atoms with Gasteiger partial charge in [0.15, 0.2) is 11.5 Å². The smallest absolute Gasteiger partial charge is 0.227 e. The van der Waals surface area contributed by atoms with Crippen LogP contribution < -0.4 is 9.47 Å². The number of fused-ring (bicyclic) bond motifs is 7. The SMILES string of the molecule is COc1ccc(CC(=O)N(C[C@@H]2CC[C@H]3C[C@@H]2C3(C)C)C[C@]2(O)CC[C@H]3C4=CC=C5C[C@@H](O)CC[C@]5(C)[C@H]4CC[C@@]32C)cc1OC. The largest absolute Gasteiger partial charge is 0.493 e. The molecule has 0 saturated heterocycles. The summed E-state index contributed by atoms with van der Waals surface area (Å²) in [6, 6.07) is 5.76. The minimum atomic E-state index is -0.934. The molecule has 9 atom stereocenters. The molecule has 0 unspecified atom stereocenters. The molecule has 46 heavy (non-hydrogen) atoms. The van der Waals surface area contributed by atoms with Crippen LogP contribution in [0.15, 0.2) is 41.5 Å². The molecule has 2 N–H and O–H groups in total. The van der Waals surface area contributed by atoms with Gasteiger partial charge in [-0.2, -0.15) is 0 Å². The summed E-state index contributed by atoms with van der Waals surface area (Å²) in [5.74, 6) is 4.12. The number of benzene rings is 1. The highest BCUT2D eigenvalue weighted by molar-refractivity contribution is 5.79. The van der Waals surface area contributed by atoms with E-state index in [4.69, 9.17) is 9.47 Å². The van der Waals surface area contributed by atoms with Crippen molar-refractivity contribution in [1.29, 1.82) is 0 Å². The minimum Gasteiger partial charge on any atom is -0.493 e. The Morgan fingerprint density at radius 3 is 2.41 bits per heavy atom. The molecule has 0 spiro atoms. The maximum atomic E-state index is 14.4. The predicted octanol–water partition coefficient (Wildman–Crippen LogP) is 7.12. The first kappa shape index (κ1) is 32.2. The number of allylic oxidation sites excluding steroid dienone is 3. The van der Waals surface area contributed by atoms with Crippen molar-refractivity contribution in [3.63, 3.8) is 0 Å². The highest BCUT2D eigenvalue weighted by atomic mass is 16.5. The molecule has 6 saturated carbocycles. The van der Waals surface area contributed by atoms with Crippen molar-refractivity contribution in [3.8, 4) is 11.5 Å². The zero-order valence-corrected chi connectivity index (χ0v) is 29.1. The van der Waals surface area contributed by atoms with E-state index in [0.717, 1.165) is 63.0 Å². The molecule has 2 bridgehead atoms. The van der Waals surface area contributed by atoms with E-state index in [1.165, 1.54) is 30.4 Å². The van der Waals surface area contributed by atoms with Gasteiger partial charge in [0.05, 0.1) is 32.3 Å². The van der Waals surface area contributed by atoms with Crippen molar-refractivity contribution in [2.75, 3.05) is 27.3 Å². The Labute approximate surface area is 276 Å². The molecule has 0 aromatic heterocycles. The highest BCUT2D eigenvalue weighted by Gasteiger charge is 2.63. The van der Waals surface area contributed by atoms with Crippen molar-refractivity contribution in [2.24, 2.45) is 45.8 Å². The van der Waals surface area contributed by atoms with E-state index < -0.39 is 5.60 Å². The van der Waals surface area contributed by atoms with Gasteiger partial charge in [0.1, 0.15) is 0 Å². The number of aliphatic hydroxyl groups is 2. The third-order valence-corrected chi connectivity index (χ3v) is 14.9. The van der Waals surface area contributed by atoms with Crippen molar-refractivity contribution in [1.82, 2.24) is 4.90 Å². The van der Waals surface area contributed by atoms with E-state index in [-0.39, 0.29) is 29.3 Å². The summed E-state index contributed by atoms with van der Waals surface area (Å²) in [6.07, 6.45) is 14.9. The molecule has 0 heterocycles. The number of ether oxygens (including phenoxy) is 2. The Kier molecular flexibility index (Phi) is 7.99. The van der Waals surface area contributed by atoms with Gasteiger partial charge >= 0.3 is 0 Å². The van der Waals surface area contributed by atoms with Gasteiger partial charge < -0.3 is 24.6 Å². The predicted molar refractivity (Wildman–Crippen MR) is 181 cm³/mol. The van der Waals surface area contributed by atoms with Gasteiger partial charge in [-0.25, -0.2) is 0 Å². The summed E-state index contributed by atoms with van der Waals surface area (Å²) in [5, 5.41) is 23.2. The average molecular weight is 632 g/mol. The summed E-state index contributed by atoms with van der Waals surface area (Å²) in [6.45, 7) is 10.7. The highest BCUT2D eigenvalue weighted by Crippen LogP contribution is 2.66. The molecular formula is C40H57NO5. The van der Waals surface area contributed by atoms with E-state index >= 15 is 0 Å². The molecule has 0 aliphatic heterocycles. The van der Waals surface area contributed by atoms with Crippen LogP contribution in [0, 0.1) is 45.8 Å². The number of carbonyl (C=O) groups excluding carboxylic acids is 1. The van der Waals surface area contributed by atoms with Gasteiger partial charge in [0, 0.05) is 18.5 Å². The van der Waals surface area contributed by atoms with Gasteiger partial charge in [-0.3, -0.25) is 4.79 Å². The number of aliphatic hydroxyl groups excluding tert-OH is 1. The third kappa shape index (κ3) is 4.90. The Hall–Kier alpha value is -2.31. The van der Waals surface area contributed by atoms with Gasteiger partial charge in [-0.15, -0.1) is 0 Å². The van der Waals surface area contributed by atoms with E-state index in [1.807, 2.05) is 18.2 Å². The lowest BCUT2D eigenvalue weighted by Crippen LogP contribution is -2.59. The zero-order valence-electron chi connectivity index (χ0n) is 29.1. The van der Waals surface area contributed by atoms with Gasteiger partial charge in [-0.05, 0) is 122 Å². The van der Waals surface area contributed by atoms with Crippen LogP contribution in [0.25, 0.3) is 0 Å². The summed E-state index contributed by atoms with van der Waals surface area (Å²) in [7, 11) is 3.26. The Bertz CT molecular complexity index is 1430. The van der Waals surface area contributed by atoms with Crippen molar-refractivity contribution in [3.05, 3.63) is 47.1 Å². The van der Waals surface area contributed by atoms with E-state index in [0.29, 0.717) is 47.1 Å². The molecule has 8 rings (SSSR count). The van der Waals surface area contributed by atoms with E-state index in [2.05, 4.69) is 44.7 Å². The first-order valence-electron chi connectivity index (χ1n) is 18.1. The summed E-state index contributed by atoms with van der Waals surface area (Å²) >= 11 is 0. The van der Waals surface area contributed by atoms with Crippen LogP contribution in [0.3, 0.4) is 0 Å². The lowest BCUT2D eigenvalue weighted by Gasteiger charge is -2.61. The number of hydrogen-bond acceptors (Lipinski definition) is 5. The fraction of sp³-hybridized carbons (Fsp3) is 0.725. The topological polar surface area (TPSA) is 79.2 Å². The van der Waals surface area contributed by atoms with Crippen LogP contribution in [0.4, 0.5) is 0 Å². The maximum absolute atomic E-state index is 14.4. The third-order valence-electron chi connectivity index (χ3n) is 14.9. The molecule has 1 amide bonds. The fourth-order valence-corrected chi connectivity index (χ4v) is 11.7. The number of carbonyl (C=O) groups is 1. The Morgan fingerprint density at radius 1 is 0.935 bits per heavy atom. The number of hydrogen-bond donors (Lipinski definition) is 2. The average Bonchev–Trinajstić information content (AvgIpc) is 3.30. The lowest BCUT2D eigenvalue weighted by molar-refractivity contribution is -0.151. The Morgan fingerprint density at radius 2 is 1.70 bits per heavy atom. The molecule has 252 valence electrons. The van der Waals surface area contributed by atoms with Gasteiger partial charge in [-0.1, -0.05) is 57.1 Å². The van der Waals surface area contributed by atoms with Crippen LogP contribution in [0.1, 0.15) is 97.5 Å². The minimum absolute atomic E-state index is 0.0957. The summed E-state index contributed by atoms with van der Waals surface area (Å²) < 4.78 is 11.0. The lowest BCUT2D eigenvalue weighted by atomic mass is 9.45. The van der Waals surface area contributed by atoms with Crippen LogP contribution in [0.2, 0.25) is 0 Å². The molecule has 6 fully saturated rings.